The Morgan fingerprint density at radius 3 is 2.74 bits per heavy atom. The summed E-state index contributed by atoms with van der Waals surface area (Å²) in [6.07, 6.45) is 4.10. The zero-order valence-corrected chi connectivity index (χ0v) is 16.7. The molecule has 0 bridgehead atoms. The zero-order valence-electron chi connectivity index (χ0n) is 15.9. The molecule has 7 nitrogen and oxygen atoms in total. The molecule has 2 aliphatic heterocycles. The molecule has 0 saturated carbocycles. The summed E-state index contributed by atoms with van der Waals surface area (Å²) < 4.78 is 7.70. The molecule has 0 unspecified atom stereocenters. The fourth-order valence-corrected chi connectivity index (χ4v) is 5.21. The first-order chi connectivity index (χ1) is 12.9. The first kappa shape index (κ1) is 17.1. The van der Waals surface area contributed by atoms with Crippen molar-refractivity contribution in [3.63, 3.8) is 0 Å². The van der Waals surface area contributed by atoms with Crippen molar-refractivity contribution in [1.29, 1.82) is 0 Å². The number of ether oxygens (including phenoxy) is 1. The van der Waals surface area contributed by atoms with Crippen molar-refractivity contribution in [2.75, 3.05) is 13.1 Å². The molecular formula is C19H23N5O2S. The van der Waals surface area contributed by atoms with Crippen LogP contribution in [0.15, 0.2) is 0 Å². The third-order valence-electron chi connectivity index (χ3n) is 5.50. The number of piperidine rings is 1. The topological polar surface area (TPSA) is 72.6 Å². The van der Waals surface area contributed by atoms with Crippen LogP contribution in [0.1, 0.15) is 60.0 Å². The molecule has 8 heteroatoms. The van der Waals surface area contributed by atoms with Crippen LogP contribution in [0.5, 0.6) is 0 Å². The lowest BCUT2D eigenvalue weighted by Crippen LogP contribution is -2.36. The Morgan fingerprint density at radius 2 is 1.96 bits per heavy atom. The van der Waals surface area contributed by atoms with Gasteiger partial charge in [-0.25, -0.2) is 9.97 Å². The number of thiophene rings is 1. The van der Waals surface area contributed by atoms with Crippen LogP contribution < -0.4 is 0 Å². The van der Waals surface area contributed by atoms with Gasteiger partial charge in [0.25, 0.3) is 5.91 Å². The van der Waals surface area contributed by atoms with E-state index in [0.29, 0.717) is 6.61 Å². The molecule has 5 rings (SSSR count). The molecule has 0 aliphatic carbocycles. The number of amides is 1. The van der Waals surface area contributed by atoms with Gasteiger partial charge in [0.05, 0.1) is 17.6 Å². The van der Waals surface area contributed by atoms with Crippen LogP contribution in [0.3, 0.4) is 0 Å². The molecule has 1 fully saturated rings. The molecule has 3 aromatic rings. The lowest BCUT2D eigenvalue weighted by atomic mass is 9.94. The number of aromatic nitrogens is 4. The second-order valence-electron chi connectivity index (χ2n) is 8.09. The van der Waals surface area contributed by atoms with Crippen LogP contribution in [-0.4, -0.2) is 49.1 Å². The van der Waals surface area contributed by atoms with Gasteiger partial charge in [-0.05, 0) is 45.6 Å². The van der Waals surface area contributed by atoms with Gasteiger partial charge in [0.2, 0.25) is 5.82 Å². The summed E-state index contributed by atoms with van der Waals surface area (Å²) in [5, 5.41) is 5.56. The summed E-state index contributed by atoms with van der Waals surface area (Å²) in [6, 6.07) is 0. The minimum absolute atomic E-state index is 0.0706. The maximum Gasteiger partial charge on any atom is 0.293 e. The first-order valence-electron chi connectivity index (χ1n) is 9.54. The number of carbonyl (C=O) groups excluding carboxylic acids is 1. The van der Waals surface area contributed by atoms with Crippen molar-refractivity contribution < 1.29 is 9.53 Å². The zero-order chi connectivity index (χ0) is 18.8. The van der Waals surface area contributed by atoms with E-state index in [1.807, 2.05) is 11.8 Å². The van der Waals surface area contributed by atoms with Crippen LogP contribution in [0, 0.1) is 6.92 Å². The van der Waals surface area contributed by atoms with Crippen molar-refractivity contribution in [1.82, 2.24) is 24.5 Å². The highest BCUT2D eigenvalue weighted by molar-refractivity contribution is 7.19. The predicted octanol–water partition coefficient (Wildman–Crippen LogP) is 3.12. The number of hydrogen-bond donors (Lipinski definition) is 0. The van der Waals surface area contributed by atoms with E-state index in [2.05, 4.69) is 18.9 Å². The highest BCUT2D eigenvalue weighted by Crippen LogP contribution is 2.39. The van der Waals surface area contributed by atoms with Gasteiger partial charge >= 0.3 is 0 Å². The SMILES string of the molecule is Cc1nc2sc3c(c2c2nc(C(=O)N4CCCCC4)nn12)CC(C)(C)OC3. The van der Waals surface area contributed by atoms with Gasteiger partial charge in [-0.3, -0.25) is 4.79 Å². The maximum atomic E-state index is 12.9. The van der Waals surface area contributed by atoms with Crippen LogP contribution in [0.2, 0.25) is 0 Å². The van der Waals surface area contributed by atoms with Gasteiger partial charge in [0.1, 0.15) is 10.7 Å². The molecule has 0 aromatic carbocycles. The highest BCUT2D eigenvalue weighted by atomic mass is 32.1. The molecule has 2 aliphatic rings. The fourth-order valence-electron chi connectivity index (χ4n) is 4.07. The van der Waals surface area contributed by atoms with Crippen LogP contribution in [0.25, 0.3) is 15.9 Å². The third-order valence-corrected chi connectivity index (χ3v) is 6.60. The summed E-state index contributed by atoms with van der Waals surface area (Å²) >= 11 is 1.66. The van der Waals surface area contributed by atoms with Gasteiger partial charge < -0.3 is 9.64 Å². The second-order valence-corrected chi connectivity index (χ2v) is 9.18. The number of nitrogens with zero attached hydrogens (tertiary/aromatic N) is 5. The lowest BCUT2D eigenvalue weighted by molar-refractivity contribution is -0.0379. The van der Waals surface area contributed by atoms with Crippen molar-refractivity contribution in [3.8, 4) is 0 Å². The molecule has 27 heavy (non-hydrogen) atoms. The number of likely N-dealkylation sites (tertiary alicyclic amines) is 1. The third kappa shape index (κ3) is 2.73. The van der Waals surface area contributed by atoms with Gasteiger partial charge in [0.15, 0.2) is 5.65 Å². The molecule has 0 N–H and O–H groups in total. The van der Waals surface area contributed by atoms with E-state index < -0.39 is 0 Å². The monoisotopic (exact) mass is 385 g/mol. The number of carbonyl (C=O) groups is 1. The number of rotatable bonds is 1. The van der Waals surface area contributed by atoms with E-state index in [1.54, 1.807) is 15.9 Å². The summed E-state index contributed by atoms with van der Waals surface area (Å²) in [4.78, 5) is 26.4. The van der Waals surface area contributed by atoms with Gasteiger partial charge in [0, 0.05) is 24.4 Å². The van der Waals surface area contributed by atoms with E-state index in [1.165, 1.54) is 16.9 Å². The molecule has 0 radical (unpaired) electrons. The van der Waals surface area contributed by atoms with Crippen molar-refractivity contribution in [2.24, 2.45) is 0 Å². The van der Waals surface area contributed by atoms with Crippen LogP contribution in [0.4, 0.5) is 0 Å². The van der Waals surface area contributed by atoms with E-state index in [4.69, 9.17) is 14.7 Å². The van der Waals surface area contributed by atoms with Gasteiger partial charge in [-0.2, -0.15) is 4.52 Å². The number of fused-ring (bicyclic) bond motifs is 5. The summed E-state index contributed by atoms with van der Waals surface area (Å²) in [5.41, 5.74) is 1.77. The molecule has 0 atom stereocenters. The Kier molecular flexibility index (Phi) is 3.77. The maximum absolute atomic E-state index is 12.9. The van der Waals surface area contributed by atoms with Gasteiger partial charge in [-0.15, -0.1) is 16.4 Å². The first-order valence-corrected chi connectivity index (χ1v) is 10.4. The second kappa shape index (κ2) is 5.97. The molecular weight excluding hydrogens is 362 g/mol. The molecule has 5 heterocycles. The Labute approximate surface area is 161 Å². The smallest absolute Gasteiger partial charge is 0.293 e. The van der Waals surface area contributed by atoms with Crippen LogP contribution in [-0.2, 0) is 17.8 Å². The van der Waals surface area contributed by atoms with E-state index in [0.717, 1.165) is 54.0 Å². The Morgan fingerprint density at radius 1 is 1.19 bits per heavy atom. The summed E-state index contributed by atoms with van der Waals surface area (Å²) in [7, 11) is 0. The van der Waals surface area contributed by atoms with Crippen molar-refractivity contribution >= 4 is 33.1 Å². The fraction of sp³-hybridized carbons (Fsp3) is 0.579. The average molecular weight is 385 g/mol. The standard InChI is InChI=1S/C19H23N5O2S/c1-11-20-17-14(12-9-19(2,3)26-10-13(12)27-17)16-21-15(22-24(11)16)18(25)23-7-5-4-6-8-23/h4-10H2,1-3H3. The predicted molar refractivity (Wildman–Crippen MR) is 103 cm³/mol. The van der Waals surface area contributed by atoms with Crippen molar-refractivity contribution in [3.05, 3.63) is 22.1 Å². The Hall–Kier alpha value is -2.06. The molecule has 142 valence electrons. The number of hydrogen-bond acceptors (Lipinski definition) is 6. The molecule has 0 spiro atoms. The van der Waals surface area contributed by atoms with Crippen molar-refractivity contribution in [2.45, 2.75) is 58.7 Å². The Bertz CT molecular complexity index is 1060. The van der Waals surface area contributed by atoms with E-state index >= 15 is 0 Å². The van der Waals surface area contributed by atoms with Gasteiger partial charge in [-0.1, -0.05) is 0 Å². The minimum atomic E-state index is -0.213. The molecule has 3 aromatic heterocycles. The highest BCUT2D eigenvalue weighted by Gasteiger charge is 2.32. The van der Waals surface area contributed by atoms with E-state index in [-0.39, 0.29) is 17.3 Å². The molecule has 1 amide bonds. The number of aryl methyl sites for hydroxylation is 1. The van der Waals surface area contributed by atoms with Crippen LogP contribution >= 0.6 is 11.3 Å². The Balaban J connectivity index is 1.67. The molecule has 1 saturated heterocycles. The summed E-state index contributed by atoms with van der Waals surface area (Å²) in [6.45, 7) is 8.30. The largest absolute Gasteiger partial charge is 0.370 e. The normalized spacial score (nSPS) is 19.6. The lowest BCUT2D eigenvalue weighted by Gasteiger charge is -2.30. The average Bonchev–Trinajstić information content (AvgIpc) is 3.22. The van der Waals surface area contributed by atoms with E-state index in [9.17, 15) is 4.79 Å². The summed E-state index contributed by atoms with van der Waals surface area (Å²) in [5.74, 6) is 0.959. The quantitative estimate of drug-likeness (QED) is 0.643. The minimum Gasteiger partial charge on any atom is -0.370 e.